The molecule has 6 rings (SSSR count). The quantitative estimate of drug-likeness (QED) is 0.437. The van der Waals surface area contributed by atoms with Gasteiger partial charge < -0.3 is 24.4 Å². The Morgan fingerprint density at radius 2 is 2.06 bits per heavy atom. The fourth-order valence-corrected chi connectivity index (χ4v) is 5.92. The van der Waals surface area contributed by atoms with E-state index in [0.717, 1.165) is 54.1 Å². The van der Waals surface area contributed by atoms with E-state index in [2.05, 4.69) is 34.2 Å². The molecule has 0 amide bonds. The van der Waals surface area contributed by atoms with Crippen molar-refractivity contribution in [2.45, 2.75) is 32.5 Å². The van der Waals surface area contributed by atoms with Gasteiger partial charge in [0.15, 0.2) is 5.65 Å². The molecule has 0 spiro atoms. The number of thiophene rings is 1. The van der Waals surface area contributed by atoms with Crippen LogP contribution in [0.5, 0.6) is 5.75 Å². The number of fused-ring (bicyclic) bond motifs is 2. The van der Waals surface area contributed by atoms with Crippen LogP contribution in [0.2, 0.25) is 0 Å². The van der Waals surface area contributed by atoms with Gasteiger partial charge in [-0.25, -0.2) is 4.98 Å². The van der Waals surface area contributed by atoms with Gasteiger partial charge in [0.05, 0.1) is 44.1 Å². The summed E-state index contributed by atoms with van der Waals surface area (Å²) in [6.45, 7) is 5.88. The fraction of sp³-hybridized carbons (Fsp3) is 0.370. The van der Waals surface area contributed by atoms with Crippen LogP contribution >= 0.6 is 11.3 Å². The van der Waals surface area contributed by atoms with Gasteiger partial charge in [-0.1, -0.05) is 0 Å². The summed E-state index contributed by atoms with van der Waals surface area (Å²) in [5, 5.41) is 12.9. The van der Waals surface area contributed by atoms with Crippen LogP contribution in [0.15, 0.2) is 41.8 Å². The maximum atomic E-state index is 9.79. The molecule has 1 atom stereocenters. The molecule has 0 bridgehead atoms. The number of rotatable bonds is 5. The average Bonchev–Trinajstić information content (AvgIpc) is 3.40. The third kappa shape index (κ3) is 4.17. The van der Waals surface area contributed by atoms with E-state index >= 15 is 0 Å². The van der Waals surface area contributed by atoms with Gasteiger partial charge in [0.1, 0.15) is 11.6 Å². The molecule has 1 N–H and O–H groups in total. The lowest BCUT2D eigenvalue weighted by Gasteiger charge is -2.35. The Morgan fingerprint density at radius 1 is 1.14 bits per heavy atom. The zero-order valence-electron chi connectivity index (χ0n) is 20.5. The molecule has 2 aliphatic heterocycles. The predicted octanol–water partition coefficient (Wildman–Crippen LogP) is 4.04. The average molecular weight is 504 g/mol. The maximum Gasteiger partial charge on any atom is 0.229 e. The highest BCUT2D eigenvalue weighted by Gasteiger charge is 2.26. The summed E-state index contributed by atoms with van der Waals surface area (Å²) >= 11 is 1.83. The largest absolute Gasteiger partial charge is 0.496 e. The molecule has 2 aliphatic rings. The monoisotopic (exact) mass is 503 g/mol. The van der Waals surface area contributed by atoms with Crippen LogP contribution < -0.4 is 14.5 Å². The van der Waals surface area contributed by atoms with Gasteiger partial charge in [0.25, 0.3) is 0 Å². The highest BCUT2D eigenvalue weighted by Crippen LogP contribution is 2.33. The summed E-state index contributed by atoms with van der Waals surface area (Å²) in [7, 11) is 1.61. The topological polar surface area (TPSA) is 83.8 Å². The number of aliphatic hydroxyl groups excluding tert-OH is 1. The lowest BCUT2D eigenvalue weighted by Crippen LogP contribution is -2.44. The van der Waals surface area contributed by atoms with Crippen LogP contribution in [0.1, 0.15) is 22.9 Å². The smallest absolute Gasteiger partial charge is 0.229 e. The van der Waals surface area contributed by atoms with Crippen LogP contribution in [-0.4, -0.2) is 59.5 Å². The minimum atomic E-state index is -0.102. The number of anilines is 2. The van der Waals surface area contributed by atoms with E-state index in [-0.39, 0.29) is 12.6 Å². The van der Waals surface area contributed by atoms with E-state index in [4.69, 9.17) is 24.4 Å². The molecular weight excluding hydrogens is 474 g/mol. The zero-order chi connectivity index (χ0) is 24.6. The molecular formula is C27H29N5O3S. The van der Waals surface area contributed by atoms with Crippen LogP contribution in [0.3, 0.4) is 0 Å². The number of nitrogens with zero attached hydrogens (tertiary/aromatic N) is 5. The number of morpholine rings is 1. The molecule has 9 heteroatoms. The van der Waals surface area contributed by atoms with E-state index < -0.39 is 0 Å². The van der Waals surface area contributed by atoms with Crippen LogP contribution in [0.4, 0.5) is 11.8 Å². The van der Waals surface area contributed by atoms with E-state index in [1.165, 1.54) is 10.4 Å². The standard InChI is InChI=1S/C27H29N5O3S/c1-17-16-35-11-10-32(17)26-21-4-5-22(18-3-6-23(34-2)20(13-18)15-33)28-25(21)29-27(30-26)31-9-7-24-19(14-31)8-12-36-24/h3-6,8,12-13,17,33H,7,9-11,14-16H2,1-2H3/t17-/m0/s1. The number of hydrogen-bond donors (Lipinski definition) is 1. The van der Waals surface area contributed by atoms with Crippen molar-refractivity contribution in [1.29, 1.82) is 0 Å². The van der Waals surface area contributed by atoms with Crippen LogP contribution in [-0.2, 0) is 24.3 Å². The van der Waals surface area contributed by atoms with E-state index in [9.17, 15) is 5.11 Å². The highest BCUT2D eigenvalue weighted by atomic mass is 32.1. The van der Waals surface area contributed by atoms with E-state index in [1.54, 1.807) is 7.11 Å². The van der Waals surface area contributed by atoms with Crippen molar-refractivity contribution in [3.63, 3.8) is 0 Å². The molecule has 0 radical (unpaired) electrons. The molecule has 1 saturated heterocycles. The fourth-order valence-electron chi connectivity index (χ4n) is 5.03. The molecule has 8 nitrogen and oxygen atoms in total. The van der Waals surface area contributed by atoms with Crippen LogP contribution in [0, 0.1) is 0 Å². The number of methoxy groups -OCH3 is 1. The SMILES string of the molecule is COc1ccc(-c2ccc3c(N4CCOC[C@@H]4C)nc(N4CCc5sccc5C4)nc3n2)cc1CO. The van der Waals surface area contributed by atoms with Gasteiger partial charge in [-0.15, -0.1) is 11.3 Å². The van der Waals surface area contributed by atoms with Gasteiger partial charge >= 0.3 is 0 Å². The lowest BCUT2D eigenvalue weighted by atomic mass is 10.1. The summed E-state index contributed by atoms with van der Waals surface area (Å²) in [5.41, 5.74) is 4.45. The van der Waals surface area contributed by atoms with Crippen LogP contribution in [0.25, 0.3) is 22.3 Å². The second kappa shape index (κ2) is 9.65. The first kappa shape index (κ1) is 23.1. The number of benzene rings is 1. The summed E-state index contributed by atoms with van der Waals surface area (Å²) in [4.78, 5) is 21.1. The predicted molar refractivity (Wildman–Crippen MR) is 142 cm³/mol. The van der Waals surface area contributed by atoms with E-state index in [0.29, 0.717) is 30.6 Å². The third-order valence-corrected chi connectivity index (χ3v) is 8.03. The summed E-state index contributed by atoms with van der Waals surface area (Å²) in [6.07, 6.45) is 1.00. The minimum absolute atomic E-state index is 0.102. The van der Waals surface area contributed by atoms with Crippen molar-refractivity contribution < 1.29 is 14.6 Å². The Balaban J connectivity index is 1.46. The molecule has 36 heavy (non-hydrogen) atoms. The van der Waals surface area contributed by atoms with Gasteiger partial charge in [0, 0.05) is 35.6 Å². The van der Waals surface area contributed by atoms with Gasteiger partial charge in [-0.3, -0.25) is 0 Å². The summed E-state index contributed by atoms with van der Waals surface area (Å²) < 4.78 is 11.1. The number of aliphatic hydroxyl groups is 1. The molecule has 1 fully saturated rings. The van der Waals surface area contributed by atoms with Gasteiger partial charge in [0.2, 0.25) is 5.95 Å². The first-order valence-corrected chi connectivity index (χ1v) is 13.1. The molecule has 0 aliphatic carbocycles. The Labute approximate surface area is 214 Å². The van der Waals surface area contributed by atoms with Gasteiger partial charge in [-0.05, 0) is 60.7 Å². The number of hydrogen-bond acceptors (Lipinski definition) is 9. The van der Waals surface area contributed by atoms with Crippen molar-refractivity contribution in [3.05, 3.63) is 57.8 Å². The van der Waals surface area contributed by atoms with Gasteiger partial charge in [-0.2, -0.15) is 9.97 Å². The van der Waals surface area contributed by atoms with Crippen molar-refractivity contribution in [1.82, 2.24) is 15.0 Å². The molecule has 0 unspecified atom stereocenters. The van der Waals surface area contributed by atoms with Crippen molar-refractivity contribution in [3.8, 4) is 17.0 Å². The summed E-state index contributed by atoms with van der Waals surface area (Å²) in [6, 6.07) is 12.2. The number of pyridine rings is 1. The minimum Gasteiger partial charge on any atom is -0.496 e. The zero-order valence-corrected chi connectivity index (χ0v) is 21.3. The molecule has 3 aromatic heterocycles. The van der Waals surface area contributed by atoms with E-state index in [1.807, 2.05) is 35.6 Å². The molecule has 1 aromatic carbocycles. The molecule has 0 saturated carbocycles. The highest BCUT2D eigenvalue weighted by molar-refractivity contribution is 7.10. The Morgan fingerprint density at radius 3 is 2.89 bits per heavy atom. The molecule has 4 aromatic rings. The van der Waals surface area contributed by atoms with Crippen molar-refractivity contribution >= 4 is 34.1 Å². The Bertz CT molecular complexity index is 1410. The number of aromatic nitrogens is 3. The second-order valence-corrected chi connectivity index (χ2v) is 10.3. The second-order valence-electron chi connectivity index (χ2n) is 9.26. The maximum absolute atomic E-state index is 9.79. The lowest BCUT2D eigenvalue weighted by molar-refractivity contribution is 0.0987. The normalized spacial score (nSPS) is 17.9. The van der Waals surface area contributed by atoms with Crippen molar-refractivity contribution in [2.24, 2.45) is 0 Å². The Hall–Kier alpha value is -3.27. The third-order valence-electron chi connectivity index (χ3n) is 7.00. The number of ether oxygens (including phenoxy) is 2. The first-order chi connectivity index (χ1) is 17.6. The molecule has 186 valence electrons. The van der Waals surface area contributed by atoms with Crippen molar-refractivity contribution in [2.75, 3.05) is 43.2 Å². The summed E-state index contributed by atoms with van der Waals surface area (Å²) in [5.74, 6) is 2.28. The first-order valence-electron chi connectivity index (χ1n) is 12.3. The molecule has 5 heterocycles. The Kier molecular flexibility index (Phi) is 6.20.